The fourth-order valence-corrected chi connectivity index (χ4v) is 12.0. The van der Waals surface area contributed by atoms with Gasteiger partial charge in [-0.05, 0) is 80.5 Å². The fourth-order valence-electron chi connectivity index (χ4n) is 10.3. The Bertz CT molecular complexity index is 3390. The van der Waals surface area contributed by atoms with Crippen LogP contribution in [0.15, 0.2) is 58.6 Å². The summed E-state index contributed by atoms with van der Waals surface area (Å²) < 4.78 is 53.7. The number of imidazole rings is 1. The standard InChI is InChI=1S/C62H92N14O20S.CH4/c1-42-32-45(33-43(2)58(42)97(91,92)71-49(61(89)90)36-68-59(87)47-37-72(4)50-34-44(9-10-46(50)57(47)86)35-69-62-66-15-16-67-62)96-27-5-8-52(78)64-13-6-25-93-28-30-95-31-29-94-26-7-14-65-60(88)48(11-12-51(77)63-3)70-53(79)38-73-17-19-74(39-54(80)81)21-23-76(41-56(84)85)24-22-75(20-18-73)40-55(82)83;/h9-10,15-16,32-34,37,48-49,71H,5-8,11-14,17-31,35-36,38-41H2,1-4H3,(H,63,77)(H,64,78)(H,65,88)(H,68,87)(H,70,79)(H,80,81)(H,82,83)(H,84,85)(H,89,90)(H2,66,67,69);1H4/t48-,49+;/m1./s1. The van der Waals surface area contributed by atoms with Crippen LogP contribution in [-0.2, 0) is 76.2 Å². The molecule has 34 nitrogen and oxygen atoms in total. The Kier molecular flexibility index (Phi) is 35.8. The summed E-state index contributed by atoms with van der Waals surface area (Å²) in [5.41, 5.74) is 1.03. The summed E-state index contributed by atoms with van der Waals surface area (Å²) in [5.74, 6) is -6.42. The Morgan fingerprint density at radius 3 is 1.71 bits per heavy atom. The molecule has 0 aliphatic carbocycles. The van der Waals surface area contributed by atoms with E-state index in [-0.39, 0.29) is 177 Å². The molecule has 3 heterocycles. The molecule has 0 spiro atoms. The molecule has 1 fully saturated rings. The number of fused-ring (bicyclic) bond motifs is 1. The van der Waals surface area contributed by atoms with E-state index in [4.69, 9.17) is 18.9 Å². The first-order valence-corrected chi connectivity index (χ1v) is 33.3. The molecule has 5 amide bonds. The topological polar surface area (TPSA) is 453 Å². The lowest BCUT2D eigenvalue weighted by atomic mass is 10.1. The molecule has 12 N–H and O–H groups in total. The molecule has 4 aromatic rings. The average molecular weight is 1400 g/mol. The highest BCUT2D eigenvalue weighted by Gasteiger charge is 2.30. The maximum Gasteiger partial charge on any atom is 0.323 e. The van der Waals surface area contributed by atoms with Crippen LogP contribution < -0.4 is 46.8 Å². The summed E-state index contributed by atoms with van der Waals surface area (Å²) in [6.07, 6.45) is 6.00. The number of sulfonamides is 1. The highest BCUT2D eigenvalue weighted by Crippen LogP contribution is 2.26. The Labute approximate surface area is 568 Å². The van der Waals surface area contributed by atoms with Gasteiger partial charge in [0, 0.05) is 143 Å². The molecule has 0 bridgehead atoms. The van der Waals surface area contributed by atoms with Crippen molar-refractivity contribution in [2.45, 2.75) is 83.3 Å². The molecule has 1 aliphatic rings. The van der Waals surface area contributed by atoms with Crippen molar-refractivity contribution in [1.82, 2.24) is 65.4 Å². The number of aromatic nitrogens is 3. The predicted octanol–water partition coefficient (Wildman–Crippen LogP) is -1.00. The highest BCUT2D eigenvalue weighted by atomic mass is 32.2. The van der Waals surface area contributed by atoms with E-state index in [0.717, 1.165) is 5.56 Å². The van der Waals surface area contributed by atoms with Gasteiger partial charge in [0.05, 0.1) is 69.6 Å². The number of benzene rings is 2. The van der Waals surface area contributed by atoms with Gasteiger partial charge in [0.2, 0.25) is 39.1 Å². The third kappa shape index (κ3) is 29.6. The van der Waals surface area contributed by atoms with E-state index in [2.05, 4.69) is 46.6 Å². The van der Waals surface area contributed by atoms with Crippen LogP contribution >= 0.6 is 0 Å². The van der Waals surface area contributed by atoms with Crippen molar-refractivity contribution in [2.75, 3.05) is 157 Å². The number of nitrogens with zero attached hydrogens (tertiary/aromatic N) is 6. The molecule has 2 aromatic carbocycles. The number of hydrogen-bond donors (Lipinski definition) is 12. The van der Waals surface area contributed by atoms with E-state index in [1.54, 1.807) is 61.8 Å². The number of H-pyrrole nitrogens is 1. The van der Waals surface area contributed by atoms with Crippen LogP contribution in [0, 0.1) is 13.8 Å². The number of rotatable bonds is 42. The summed E-state index contributed by atoms with van der Waals surface area (Å²) in [4.78, 5) is 139. The number of carbonyl (C=O) groups excluding carboxylic acids is 5. The number of hydrogen-bond acceptors (Lipinski definition) is 22. The Morgan fingerprint density at radius 2 is 1.19 bits per heavy atom. The molecule has 2 aromatic heterocycles. The Morgan fingerprint density at radius 1 is 0.653 bits per heavy atom. The second kappa shape index (κ2) is 42.9. The molecule has 5 rings (SSSR count). The van der Waals surface area contributed by atoms with E-state index < -0.39 is 75.7 Å². The zero-order valence-corrected chi connectivity index (χ0v) is 56.0. The molecule has 544 valence electrons. The molecule has 0 radical (unpaired) electrons. The number of aromatic amines is 1. The van der Waals surface area contributed by atoms with Crippen molar-refractivity contribution >= 4 is 80.3 Å². The number of aliphatic carboxylic acids is 4. The minimum atomic E-state index is -4.48. The maximum atomic E-state index is 13.7. The van der Waals surface area contributed by atoms with Crippen molar-refractivity contribution in [3.05, 3.63) is 81.4 Å². The van der Waals surface area contributed by atoms with E-state index >= 15 is 0 Å². The smallest absolute Gasteiger partial charge is 0.323 e. The molecule has 2 atom stereocenters. The molecule has 35 heteroatoms. The van der Waals surface area contributed by atoms with Gasteiger partial charge in [0.15, 0.2) is 5.95 Å². The van der Waals surface area contributed by atoms with Crippen molar-refractivity contribution in [3.63, 3.8) is 0 Å². The highest BCUT2D eigenvalue weighted by molar-refractivity contribution is 7.89. The van der Waals surface area contributed by atoms with Crippen LogP contribution in [0.5, 0.6) is 5.75 Å². The SMILES string of the molecule is C.CNC(=O)CC[C@@H](NC(=O)CN1CCN(CC(=O)O)CCN(CC(=O)O)CCN(CC(=O)O)CC1)C(=O)NCCCOCCOCCOCCCNC(=O)CCCOc1cc(C)c(S(=O)(=O)N[C@@H](CNC(=O)c2cn(C)c3cc(CNc4ncc[nH]4)ccc3c2=O)C(=O)O)c(C)c1. The van der Waals surface area contributed by atoms with E-state index in [1.807, 2.05) is 0 Å². The van der Waals surface area contributed by atoms with Gasteiger partial charge in [0.25, 0.3) is 5.91 Å². The van der Waals surface area contributed by atoms with Crippen LogP contribution in [0.1, 0.15) is 73.0 Å². The zero-order chi connectivity index (χ0) is 70.9. The van der Waals surface area contributed by atoms with E-state index in [9.17, 15) is 76.8 Å². The van der Waals surface area contributed by atoms with E-state index in [1.165, 1.54) is 39.2 Å². The van der Waals surface area contributed by atoms with Crippen molar-refractivity contribution in [1.29, 1.82) is 0 Å². The van der Waals surface area contributed by atoms with Gasteiger partial charge in [-0.25, -0.2) is 13.4 Å². The van der Waals surface area contributed by atoms with Crippen LogP contribution in [-0.4, -0.2) is 280 Å². The third-order valence-electron chi connectivity index (χ3n) is 15.3. The molecule has 1 aliphatic heterocycles. The van der Waals surface area contributed by atoms with Crippen molar-refractivity contribution in [3.8, 4) is 5.75 Å². The first kappa shape index (κ1) is 81.7. The summed E-state index contributed by atoms with van der Waals surface area (Å²) in [6, 6.07) is 5.18. The molecule has 0 saturated carbocycles. The Balaban J connectivity index is 0.0000204. The first-order valence-electron chi connectivity index (χ1n) is 31.8. The minimum absolute atomic E-state index is 0. The van der Waals surface area contributed by atoms with Gasteiger partial charge >= 0.3 is 23.9 Å². The summed E-state index contributed by atoms with van der Waals surface area (Å²) in [7, 11) is -1.38. The number of carboxylic acid groups (broad SMARTS) is 4. The number of amides is 5. The number of carboxylic acids is 4. The molecule has 98 heavy (non-hydrogen) atoms. The first-order chi connectivity index (χ1) is 46.3. The fraction of sp³-hybridized carbons (Fsp3) is 0.571. The molecule has 0 unspecified atom stereocenters. The third-order valence-corrected chi connectivity index (χ3v) is 17.1. The quantitative estimate of drug-likeness (QED) is 0.0237. The number of carbonyl (C=O) groups is 9. The van der Waals surface area contributed by atoms with Gasteiger partial charge in [-0.1, -0.05) is 13.5 Å². The summed E-state index contributed by atoms with van der Waals surface area (Å²) in [5, 5.41) is 55.1. The van der Waals surface area contributed by atoms with Gasteiger partial charge in [-0.2, -0.15) is 4.72 Å². The summed E-state index contributed by atoms with van der Waals surface area (Å²) in [6.45, 7) is 5.67. The Hall–Kier alpha value is -8.68. The number of pyridine rings is 1. The summed E-state index contributed by atoms with van der Waals surface area (Å²) >= 11 is 0. The van der Waals surface area contributed by atoms with Crippen LogP contribution in [0.4, 0.5) is 5.95 Å². The molecular weight excluding hydrogens is 1300 g/mol. The lowest BCUT2D eigenvalue weighted by Gasteiger charge is -2.33. The van der Waals surface area contributed by atoms with Crippen LogP contribution in [0.3, 0.4) is 0 Å². The van der Waals surface area contributed by atoms with Crippen LogP contribution in [0.25, 0.3) is 10.9 Å². The van der Waals surface area contributed by atoms with Crippen LogP contribution in [0.2, 0.25) is 0 Å². The number of aryl methyl sites for hydroxylation is 3. The second-order valence-electron chi connectivity index (χ2n) is 23.0. The maximum absolute atomic E-state index is 13.7. The van der Waals surface area contributed by atoms with Crippen molar-refractivity contribution in [2.24, 2.45) is 7.05 Å². The number of ether oxygens (including phenoxy) is 4. The monoisotopic (exact) mass is 1400 g/mol. The predicted molar refractivity (Wildman–Crippen MR) is 358 cm³/mol. The van der Waals surface area contributed by atoms with Gasteiger partial charge < -0.3 is 80.8 Å². The van der Waals surface area contributed by atoms with Gasteiger partial charge in [-0.15, -0.1) is 0 Å². The molecule has 1 saturated heterocycles. The average Bonchev–Trinajstić information content (AvgIpc) is 0.819. The normalized spacial score (nSPS) is 14.3. The van der Waals surface area contributed by atoms with Gasteiger partial charge in [-0.3, -0.25) is 67.5 Å². The zero-order valence-electron chi connectivity index (χ0n) is 55.2. The lowest BCUT2D eigenvalue weighted by molar-refractivity contribution is -0.140. The van der Waals surface area contributed by atoms with E-state index in [0.29, 0.717) is 69.4 Å². The lowest BCUT2D eigenvalue weighted by Crippen LogP contribution is -2.52. The minimum Gasteiger partial charge on any atom is -0.494 e. The second-order valence-corrected chi connectivity index (χ2v) is 24.6. The number of nitrogens with one attached hydrogen (secondary N) is 8. The number of anilines is 1. The van der Waals surface area contributed by atoms with Crippen molar-refractivity contribution < 1.29 is 90.9 Å². The molecular formula is C63H96N14O20S. The largest absolute Gasteiger partial charge is 0.494 e. The van der Waals surface area contributed by atoms with Gasteiger partial charge in [0.1, 0.15) is 23.4 Å².